The highest BCUT2D eigenvalue weighted by atomic mass is 16.4. The second-order valence-corrected chi connectivity index (χ2v) is 3.92. The van der Waals surface area contributed by atoms with Gasteiger partial charge in [0.15, 0.2) is 0 Å². The molecule has 14 heavy (non-hydrogen) atoms. The molecule has 0 saturated carbocycles. The normalized spacial score (nSPS) is 26.8. The molecule has 2 N–H and O–H groups in total. The number of likely N-dealkylation sites (tertiary alicyclic amines) is 1. The molecule has 0 radical (unpaired) electrons. The van der Waals surface area contributed by atoms with Crippen LogP contribution in [-0.4, -0.2) is 27.6 Å². The van der Waals surface area contributed by atoms with Crippen LogP contribution in [0.3, 0.4) is 0 Å². The summed E-state index contributed by atoms with van der Waals surface area (Å²) in [7, 11) is 0. The van der Waals surface area contributed by atoms with Crippen molar-refractivity contribution < 1.29 is 9.90 Å². The van der Waals surface area contributed by atoms with E-state index < -0.39 is 6.09 Å². The van der Waals surface area contributed by atoms with Crippen LogP contribution < -0.4 is 0 Å². The molecule has 1 saturated heterocycles. The van der Waals surface area contributed by atoms with Crippen molar-refractivity contribution in [1.29, 1.82) is 0 Å². The maximum Gasteiger partial charge on any atom is 0.407 e. The Bertz CT molecular complexity index is 321. The van der Waals surface area contributed by atoms with E-state index in [2.05, 4.69) is 11.9 Å². The zero-order chi connectivity index (χ0) is 10.1. The number of nitrogens with zero attached hydrogens (tertiary/aromatic N) is 1. The molecule has 1 fully saturated rings. The van der Waals surface area contributed by atoms with Crippen molar-refractivity contribution in [2.75, 3.05) is 6.54 Å². The molecule has 2 atom stereocenters. The highest BCUT2D eigenvalue weighted by Gasteiger charge is 2.34. The number of carbonyl (C=O) groups is 1. The largest absolute Gasteiger partial charge is 0.465 e. The Kier molecular flexibility index (Phi) is 2.19. The third-order valence-electron chi connectivity index (χ3n) is 2.74. The Morgan fingerprint density at radius 3 is 3.07 bits per heavy atom. The molecule has 0 aromatic carbocycles. The number of hydrogen-bond donors (Lipinski definition) is 2. The first-order valence-electron chi connectivity index (χ1n) is 4.81. The lowest BCUT2D eigenvalue weighted by Gasteiger charge is -2.20. The summed E-state index contributed by atoms with van der Waals surface area (Å²) < 4.78 is 0. The minimum absolute atomic E-state index is 0.0116. The molecule has 1 amide bonds. The van der Waals surface area contributed by atoms with Crippen molar-refractivity contribution in [2.24, 2.45) is 5.92 Å². The maximum absolute atomic E-state index is 11.0. The van der Waals surface area contributed by atoms with E-state index in [1.54, 1.807) is 0 Å². The monoisotopic (exact) mass is 194 g/mol. The molecule has 0 aliphatic carbocycles. The first-order valence-corrected chi connectivity index (χ1v) is 4.81. The van der Waals surface area contributed by atoms with Crippen molar-refractivity contribution in [1.82, 2.24) is 9.88 Å². The van der Waals surface area contributed by atoms with Crippen LogP contribution in [0.25, 0.3) is 0 Å². The van der Waals surface area contributed by atoms with Crippen molar-refractivity contribution in [2.45, 2.75) is 19.4 Å². The van der Waals surface area contributed by atoms with Gasteiger partial charge in [-0.1, -0.05) is 6.92 Å². The molecule has 76 valence electrons. The number of carboxylic acid groups (broad SMARTS) is 1. The summed E-state index contributed by atoms with van der Waals surface area (Å²) in [6, 6.07) is 3.86. The van der Waals surface area contributed by atoms with Crippen LogP contribution >= 0.6 is 0 Å². The second kappa shape index (κ2) is 3.36. The lowest BCUT2D eigenvalue weighted by atomic mass is 10.1. The molecular weight excluding hydrogens is 180 g/mol. The number of aromatic nitrogens is 1. The topological polar surface area (TPSA) is 56.3 Å². The summed E-state index contributed by atoms with van der Waals surface area (Å²) in [5, 5.41) is 9.01. The summed E-state index contributed by atoms with van der Waals surface area (Å²) in [4.78, 5) is 15.6. The van der Waals surface area contributed by atoms with E-state index in [0.29, 0.717) is 12.5 Å². The fourth-order valence-electron chi connectivity index (χ4n) is 2.10. The van der Waals surface area contributed by atoms with E-state index in [1.165, 1.54) is 4.90 Å². The summed E-state index contributed by atoms with van der Waals surface area (Å²) in [5.41, 5.74) is 0.997. The van der Waals surface area contributed by atoms with E-state index in [4.69, 9.17) is 5.11 Å². The lowest BCUT2D eigenvalue weighted by Crippen LogP contribution is -2.29. The van der Waals surface area contributed by atoms with Gasteiger partial charge in [-0.25, -0.2) is 4.79 Å². The number of rotatable bonds is 1. The predicted octanol–water partition coefficient (Wildman–Crippen LogP) is 2.08. The van der Waals surface area contributed by atoms with Gasteiger partial charge in [0.25, 0.3) is 0 Å². The molecule has 2 unspecified atom stereocenters. The number of hydrogen-bond acceptors (Lipinski definition) is 1. The molecule has 1 aromatic heterocycles. The molecular formula is C10H14N2O2. The second-order valence-electron chi connectivity index (χ2n) is 3.92. The van der Waals surface area contributed by atoms with Crippen molar-refractivity contribution in [3.8, 4) is 0 Å². The Labute approximate surface area is 82.5 Å². The summed E-state index contributed by atoms with van der Waals surface area (Å²) in [6.45, 7) is 2.72. The first kappa shape index (κ1) is 9.12. The fraction of sp³-hybridized carbons (Fsp3) is 0.500. The molecule has 0 bridgehead atoms. The van der Waals surface area contributed by atoms with E-state index in [0.717, 1.165) is 12.1 Å². The smallest absolute Gasteiger partial charge is 0.407 e. The van der Waals surface area contributed by atoms with Crippen LogP contribution in [0.15, 0.2) is 18.3 Å². The van der Waals surface area contributed by atoms with Crippen LogP contribution in [0, 0.1) is 5.92 Å². The van der Waals surface area contributed by atoms with Crippen LogP contribution in [0.5, 0.6) is 0 Å². The van der Waals surface area contributed by atoms with Crippen LogP contribution in [0.2, 0.25) is 0 Å². The average molecular weight is 194 g/mol. The Morgan fingerprint density at radius 2 is 2.50 bits per heavy atom. The Hall–Kier alpha value is -1.45. The van der Waals surface area contributed by atoms with Crippen LogP contribution in [-0.2, 0) is 0 Å². The van der Waals surface area contributed by atoms with Gasteiger partial charge in [-0.3, -0.25) is 4.90 Å². The van der Waals surface area contributed by atoms with Crippen LogP contribution in [0.1, 0.15) is 25.1 Å². The van der Waals surface area contributed by atoms with Gasteiger partial charge in [0.05, 0.1) is 6.04 Å². The van der Waals surface area contributed by atoms with E-state index >= 15 is 0 Å². The maximum atomic E-state index is 11.0. The summed E-state index contributed by atoms with van der Waals surface area (Å²) >= 11 is 0. The highest BCUT2D eigenvalue weighted by Crippen LogP contribution is 2.34. The van der Waals surface area contributed by atoms with Gasteiger partial charge in [-0.2, -0.15) is 0 Å². The Morgan fingerprint density at radius 1 is 1.71 bits per heavy atom. The first-order chi connectivity index (χ1) is 6.68. The number of amides is 1. The van der Waals surface area contributed by atoms with Gasteiger partial charge in [-0.05, 0) is 24.5 Å². The summed E-state index contributed by atoms with van der Waals surface area (Å²) in [5.74, 6) is 0.444. The van der Waals surface area contributed by atoms with Gasteiger partial charge >= 0.3 is 6.09 Å². The average Bonchev–Trinajstić information content (AvgIpc) is 2.70. The molecule has 1 aliphatic heterocycles. The Balaban J connectivity index is 2.21. The highest BCUT2D eigenvalue weighted by molar-refractivity contribution is 5.66. The third kappa shape index (κ3) is 1.47. The minimum Gasteiger partial charge on any atom is -0.465 e. The quantitative estimate of drug-likeness (QED) is 0.719. The van der Waals surface area contributed by atoms with Crippen LogP contribution in [0.4, 0.5) is 4.79 Å². The molecule has 4 nitrogen and oxygen atoms in total. The molecule has 4 heteroatoms. The fourth-order valence-corrected chi connectivity index (χ4v) is 2.10. The standard InChI is InChI=1S/C10H14N2O2/c1-7-5-9(8-3-2-4-11-8)12(6-7)10(13)14/h2-4,7,9,11H,5-6H2,1H3,(H,13,14). The summed E-state index contributed by atoms with van der Waals surface area (Å²) in [6.07, 6.45) is 1.92. The molecule has 2 rings (SSSR count). The van der Waals surface area contributed by atoms with Gasteiger partial charge in [-0.15, -0.1) is 0 Å². The minimum atomic E-state index is -0.825. The number of H-pyrrole nitrogens is 1. The molecule has 1 aromatic rings. The van der Waals surface area contributed by atoms with Crippen molar-refractivity contribution >= 4 is 6.09 Å². The number of nitrogens with one attached hydrogen (secondary N) is 1. The zero-order valence-electron chi connectivity index (χ0n) is 8.10. The van der Waals surface area contributed by atoms with Gasteiger partial charge < -0.3 is 10.1 Å². The number of aromatic amines is 1. The molecule has 1 aliphatic rings. The van der Waals surface area contributed by atoms with Gasteiger partial charge in [0.1, 0.15) is 0 Å². The third-order valence-corrected chi connectivity index (χ3v) is 2.74. The lowest BCUT2D eigenvalue weighted by molar-refractivity contribution is 0.139. The predicted molar refractivity (Wildman–Crippen MR) is 52.0 cm³/mol. The SMILES string of the molecule is CC1CC(c2ccc[nH]2)N(C(=O)O)C1. The van der Waals surface area contributed by atoms with Gasteiger partial charge in [0, 0.05) is 18.4 Å². The molecule has 2 heterocycles. The van der Waals surface area contributed by atoms with E-state index in [1.807, 2.05) is 18.3 Å². The zero-order valence-corrected chi connectivity index (χ0v) is 8.10. The van der Waals surface area contributed by atoms with Crippen molar-refractivity contribution in [3.05, 3.63) is 24.0 Å². The van der Waals surface area contributed by atoms with Gasteiger partial charge in [0.2, 0.25) is 0 Å². The van der Waals surface area contributed by atoms with E-state index in [-0.39, 0.29) is 6.04 Å². The van der Waals surface area contributed by atoms with E-state index in [9.17, 15) is 4.79 Å². The van der Waals surface area contributed by atoms with Crippen molar-refractivity contribution in [3.63, 3.8) is 0 Å². The molecule has 0 spiro atoms.